The average Bonchev–Trinajstić information content (AvgIpc) is 3.59. The van der Waals surface area contributed by atoms with Crippen molar-refractivity contribution in [2.24, 2.45) is 0 Å². The molecule has 3 heterocycles. The molecule has 10 nitrogen and oxygen atoms in total. The van der Waals surface area contributed by atoms with Crippen LogP contribution in [0.2, 0.25) is 0 Å². The zero-order valence-electron chi connectivity index (χ0n) is 25.0. The highest BCUT2D eigenvalue weighted by Crippen LogP contribution is 2.34. The average molecular weight is 617 g/mol. The van der Waals surface area contributed by atoms with Crippen molar-refractivity contribution in [2.75, 3.05) is 69.2 Å². The van der Waals surface area contributed by atoms with E-state index in [1.807, 2.05) is 36.4 Å². The lowest BCUT2D eigenvalue weighted by molar-refractivity contribution is -0.106. The molecule has 0 unspecified atom stereocenters. The molecule has 0 radical (unpaired) electrons. The van der Waals surface area contributed by atoms with Gasteiger partial charge in [-0.3, -0.25) is 9.59 Å². The number of para-hydroxylation sites is 1. The Morgan fingerprint density at radius 3 is 2.34 bits per heavy atom. The van der Waals surface area contributed by atoms with Gasteiger partial charge in [0.25, 0.3) is 5.91 Å². The lowest BCUT2D eigenvalue weighted by atomic mass is 9.76. The molecule has 0 atom stereocenters. The van der Waals surface area contributed by atoms with Crippen molar-refractivity contribution in [3.63, 3.8) is 0 Å². The molecule has 1 aliphatic carbocycles. The number of nitrogens with one attached hydrogen (secondary N) is 2. The normalized spacial score (nSPS) is 19.3. The van der Waals surface area contributed by atoms with E-state index in [1.165, 1.54) is 0 Å². The number of carbonyl (C=O) groups is 3. The summed E-state index contributed by atoms with van der Waals surface area (Å²) in [4.78, 5) is 45.8. The number of anilines is 2. The molecule has 2 aliphatic heterocycles. The molecular weight excluding hydrogens is 576 g/mol. The van der Waals surface area contributed by atoms with Crippen LogP contribution >= 0.6 is 11.3 Å². The third kappa shape index (κ3) is 6.71. The maximum atomic E-state index is 14.0. The Hall–Kier alpha value is -3.64. The SMILES string of the molecule is O=CCNc1ccccc1C(=O)C1(NC(=O)c2ccc(-c3csc(N4CCN(N5CCOCC5)CC4)n3)cc2)CCCCC1. The van der Waals surface area contributed by atoms with Gasteiger partial charge in [0.2, 0.25) is 0 Å². The minimum atomic E-state index is -0.984. The van der Waals surface area contributed by atoms with Gasteiger partial charge < -0.3 is 25.1 Å². The number of aldehydes is 1. The van der Waals surface area contributed by atoms with Gasteiger partial charge >= 0.3 is 0 Å². The zero-order valence-corrected chi connectivity index (χ0v) is 25.8. The molecule has 11 heteroatoms. The van der Waals surface area contributed by atoms with Crippen molar-refractivity contribution in [3.05, 3.63) is 65.0 Å². The van der Waals surface area contributed by atoms with E-state index in [-0.39, 0.29) is 18.2 Å². The number of amides is 1. The summed E-state index contributed by atoms with van der Waals surface area (Å²) in [5, 5.41) is 14.1. The number of hydrogen-bond acceptors (Lipinski definition) is 10. The second-order valence-electron chi connectivity index (χ2n) is 11.6. The summed E-state index contributed by atoms with van der Waals surface area (Å²) in [6.07, 6.45) is 4.69. The second kappa shape index (κ2) is 14.0. The number of piperazine rings is 1. The van der Waals surface area contributed by atoms with Crippen LogP contribution in [0.25, 0.3) is 11.3 Å². The number of hydrazine groups is 1. The number of thiazole rings is 1. The summed E-state index contributed by atoms with van der Waals surface area (Å²) in [5.41, 5.74) is 2.47. The van der Waals surface area contributed by atoms with Crippen molar-refractivity contribution in [1.29, 1.82) is 0 Å². The number of hydrogen-bond donors (Lipinski definition) is 2. The molecule has 1 saturated carbocycles. The lowest BCUT2D eigenvalue weighted by Crippen LogP contribution is -2.56. The fraction of sp³-hybridized carbons (Fsp3) is 0.455. The van der Waals surface area contributed by atoms with Gasteiger partial charge in [0.15, 0.2) is 10.9 Å². The van der Waals surface area contributed by atoms with E-state index in [2.05, 4.69) is 30.9 Å². The van der Waals surface area contributed by atoms with Gasteiger partial charge in [-0.05, 0) is 37.1 Å². The molecule has 232 valence electrons. The van der Waals surface area contributed by atoms with E-state index in [9.17, 15) is 14.4 Å². The van der Waals surface area contributed by atoms with Gasteiger partial charge in [0, 0.05) is 67.0 Å². The Bertz CT molecular complexity index is 1440. The number of aromatic nitrogens is 1. The Morgan fingerprint density at radius 2 is 1.61 bits per heavy atom. The first kappa shape index (κ1) is 30.4. The van der Waals surface area contributed by atoms with Crippen LogP contribution in [0, 0.1) is 0 Å². The van der Waals surface area contributed by atoms with Gasteiger partial charge in [-0.2, -0.15) is 0 Å². The van der Waals surface area contributed by atoms with E-state index in [4.69, 9.17) is 9.72 Å². The summed E-state index contributed by atoms with van der Waals surface area (Å²) in [5.74, 6) is -0.376. The molecule has 0 spiro atoms. The van der Waals surface area contributed by atoms with Crippen LogP contribution in [0.1, 0.15) is 52.8 Å². The van der Waals surface area contributed by atoms with E-state index >= 15 is 0 Å². The standard InChI is InChI=1S/C33H40N6O4S/c40-21-14-34-28-7-3-2-6-27(28)30(41)33(12-4-1-5-13-33)36-31(42)26-10-8-25(9-11-26)29-24-44-32(35-29)37-15-17-38(18-16-37)39-19-22-43-23-20-39/h2-3,6-11,21,24,34H,1,4-5,12-20,22-23H2,(H,36,42). The zero-order chi connectivity index (χ0) is 30.4. The topological polar surface area (TPSA) is 107 Å². The molecule has 1 amide bonds. The van der Waals surface area contributed by atoms with Crippen molar-refractivity contribution in [3.8, 4) is 11.3 Å². The Labute approximate surface area is 262 Å². The van der Waals surface area contributed by atoms with E-state index in [1.54, 1.807) is 23.5 Å². The monoisotopic (exact) mass is 616 g/mol. The molecule has 3 aliphatic rings. The summed E-state index contributed by atoms with van der Waals surface area (Å²) >= 11 is 1.65. The smallest absolute Gasteiger partial charge is 0.252 e. The highest BCUT2D eigenvalue weighted by Gasteiger charge is 2.42. The molecule has 3 fully saturated rings. The fourth-order valence-electron chi connectivity index (χ4n) is 6.44. The lowest BCUT2D eigenvalue weighted by Gasteiger charge is -2.42. The minimum absolute atomic E-state index is 0.113. The number of nitrogens with zero attached hydrogens (tertiary/aromatic N) is 4. The molecule has 3 aromatic rings. The number of carbonyl (C=O) groups excluding carboxylic acids is 3. The van der Waals surface area contributed by atoms with Crippen molar-refractivity contribution >= 4 is 40.1 Å². The third-order valence-electron chi connectivity index (χ3n) is 8.89. The number of rotatable bonds is 10. The highest BCUT2D eigenvalue weighted by atomic mass is 32.1. The van der Waals surface area contributed by atoms with E-state index in [0.717, 1.165) is 94.4 Å². The molecule has 2 aromatic carbocycles. The first-order chi connectivity index (χ1) is 21.6. The van der Waals surface area contributed by atoms with E-state index < -0.39 is 5.54 Å². The molecule has 2 N–H and O–H groups in total. The van der Waals surface area contributed by atoms with Crippen LogP contribution in [0.3, 0.4) is 0 Å². The Balaban J connectivity index is 1.11. The largest absolute Gasteiger partial charge is 0.379 e. The summed E-state index contributed by atoms with van der Waals surface area (Å²) in [6.45, 7) is 7.44. The maximum absolute atomic E-state index is 14.0. The van der Waals surface area contributed by atoms with Crippen LogP contribution in [-0.2, 0) is 9.53 Å². The van der Waals surface area contributed by atoms with Crippen LogP contribution in [0.15, 0.2) is 53.9 Å². The predicted molar refractivity (Wildman–Crippen MR) is 172 cm³/mol. The summed E-state index contributed by atoms with van der Waals surface area (Å²) in [7, 11) is 0. The fourth-order valence-corrected chi connectivity index (χ4v) is 7.33. The van der Waals surface area contributed by atoms with Crippen LogP contribution < -0.4 is 15.5 Å². The first-order valence-corrected chi connectivity index (χ1v) is 16.5. The number of ketones is 1. The van der Waals surface area contributed by atoms with Gasteiger partial charge in [-0.1, -0.05) is 43.5 Å². The van der Waals surface area contributed by atoms with Crippen LogP contribution in [0.5, 0.6) is 0 Å². The Kier molecular flexibility index (Phi) is 9.66. The van der Waals surface area contributed by atoms with Gasteiger partial charge in [0.1, 0.15) is 11.8 Å². The highest BCUT2D eigenvalue weighted by molar-refractivity contribution is 7.14. The predicted octanol–water partition coefficient (Wildman–Crippen LogP) is 4.11. The van der Waals surface area contributed by atoms with Gasteiger partial charge in [0.05, 0.1) is 25.5 Å². The third-order valence-corrected chi connectivity index (χ3v) is 9.79. The molecule has 1 aromatic heterocycles. The summed E-state index contributed by atoms with van der Waals surface area (Å²) < 4.78 is 5.49. The van der Waals surface area contributed by atoms with Crippen LogP contribution in [-0.4, -0.2) is 97.5 Å². The number of benzene rings is 2. The van der Waals surface area contributed by atoms with E-state index in [0.29, 0.717) is 29.7 Å². The van der Waals surface area contributed by atoms with Crippen molar-refractivity contribution in [2.45, 2.75) is 37.6 Å². The van der Waals surface area contributed by atoms with Crippen molar-refractivity contribution in [1.82, 2.24) is 20.3 Å². The molecule has 6 rings (SSSR count). The molecule has 44 heavy (non-hydrogen) atoms. The molecule has 0 bridgehead atoms. The number of Topliss-reactive ketones (excluding diaryl/α,β-unsaturated/α-hetero) is 1. The van der Waals surface area contributed by atoms with Gasteiger partial charge in [-0.25, -0.2) is 15.0 Å². The number of ether oxygens (including phenoxy) is 1. The van der Waals surface area contributed by atoms with Gasteiger partial charge in [-0.15, -0.1) is 11.3 Å². The molecular formula is C33H40N6O4S. The second-order valence-corrected chi connectivity index (χ2v) is 12.5. The molecule has 2 saturated heterocycles. The van der Waals surface area contributed by atoms with Crippen LogP contribution in [0.4, 0.5) is 10.8 Å². The maximum Gasteiger partial charge on any atom is 0.252 e. The van der Waals surface area contributed by atoms with Crippen molar-refractivity contribution < 1.29 is 19.1 Å². The summed E-state index contributed by atoms with van der Waals surface area (Å²) in [6, 6.07) is 14.7. The Morgan fingerprint density at radius 1 is 0.909 bits per heavy atom. The first-order valence-electron chi connectivity index (χ1n) is 15.6. The minimum Gasteiger partial charge on any atom is -0.379 e. The quantitative estimate of drug-likeness (QED) is 0.257. The number of morpholine rings is 1.